The van der Waals surface area contributed by atoms with Gasteiger partial charge in [-0.05, 0) is 27.9 Å². The Kier molecular flexibility index (Phi) is 7.97. The Morgan fingerprint density at radius 1 is 0.974 bits per heavy atom. The van der Waals surface area contributed by atoms with Crippen molar-refractivity contribution in [3.05, 3.63) is 119 Å². The highest BCUT2D eigenvalue weighted by molar-refractivity contribution is 9.09. The lowest BCUT2D eigenvalue weighted by Crippen LogP contribution is -2.75. The van der Waals surface area contributed by atoms with Gasteiger partial charge in [-0.1, -0.05) is 107 Å². The van der Waals surface area contributed by atoms with E-state index in [2.05, 4.69) is 21.2 Å². The molecule has 3 atom stereocenters. The van der Waals surface area contributed by atoms with Crippen molar-refractivity contribution in [3.8, 4) is 0 Å². The average Bonchev–Trinajstić information content (AvgIpc) is 2.95. The van der Waals surface area contributed by atoms with Gasteiger partial charge in [-0.2, -0.15) is 0 Å². The Morgan fingerprint density at radius 3 is 2.08 bits per heavy atom. The first kappa shape index (κ1) is 26.2. The Labute approximate surface area is 232 Å². The number of esters is 1. The monoisotopic (exact) mass is 592 g/mol. The zero-order valence-corrected chi connectivity index (χ0v) is 22.7. The fraction of sp³-hybridized carbons (Fsp3) is 0.207. The van der Waals surface area contributed by atoms with Crippen LogP contribution in [0.5, 0.6) is 0 Å². The molecule has 38 heavy (non-hydrogen) atoms. The molecule has 5 rings (SSSR count). The summed E-state index contributed by atoms with van der Waals surface area (Å²) in [7, 11) is 0. The molecule has 0 aliphatic carbocycles. The molecule has 0 spiro atoms. The summed E-state index contributed by atoms with van der Waals surface area (Å²) in [5, 5.41) is 2.14. The number of amides is 2. The van der Waals surface area contributed by atoms with Crippen molar-refractivity contribution in [2.75, 3.05) is 11.1 Å². The summed E-state index contributed by atoms with van der Waals surface area (Å²) >= 11 is 1.88. The van der Waals surface area contributed by atoms with Gasteiger partial charge in [-0.3, -0.25) is 14.5 Å². The highest BCUT2D eigenvalue weighted by Crippen LogP contribution is 2.39. The maximum Gasteiger partial charge on any atom is 0.356 e. The summed E-state index contributed by atoms with van der Waals surface area (Å²) < 4.78 is 19.1. The van der Waals surface area contributed by atoms with E-state index in [0.717, 1.165) is 16.7 Å². The van der Waals surface area contributed by atoms with Gasteiger partial charge in [0.05, 0.1) is 6.42 Å². The highest BCUT2D eigenvalue weighted by Gasteiger charge is 2.61. The van der Waals surface area contributed by atoms with Crippen LogP contribution in [0, 0.1) is 0 Å². The standard InChI is InChI=1S/C29H25BrN2O5S/c30-17-22-18-38(36)28-24(31-23(33)16-19-10-4-1-5-11-19)27(34)32(28)25(22)29(35)37-26(20-12-6-2-7-13-20)21-14-8-3-9-15-21/h1-15,24,26,28H,16-18H2,(H,31,33)/t24?,28-,38?/m0/s1. The van der Waals surface area contributed by atoms with Crippen molar-refractivity contribution in [1.82, 2.24) is 10.2 Å². The molecule has 3 aromatic rings. The first-order valence-electron chi connectivity index (χ1n) is 12.1. The Balaban J connectivity index is 1.38. The van der Waals surface area contributed by atoms with Crippen molar-refractivity contribution >= 4 is 44.9 Å². The molecule has 1 saturated heterocycles. The smallest absolute Gasteiger partial charge is 0.356 e. The molecule has 0 aromatic heterocycles. The molecule has 2 aliphatic heterocycles. The van der Waals surface area contributed by atoms with Gasteiger partial charge in [0.2, 0.25) is 11.3 Å². The molecule has 1 fully saturated rings. The SMILES string of the molecule is O=C(Cc1ccccc1)NC1C(=O)N2C(C(=O)OC(c3ccccc3)c3ccccc3)=C(CBr)C[S+]([O-])[C@@H]12. The Hall–Kier alpha value is -3.40. The molecule has 2 amide bonds. The van der Waals surface area contributed by atoms with Crippen LogP contribution in [-0.2, 0) is 36.7 Å². The number of alkyl halides is 1. The van der Waals surface area contributed by atoms with Crippen LogP contribution in [0.25, 0.3) is 0 Å². The summed E-state index contributed by atoms with van der Waals surface area (Å²) in [6.07, 6.45) is -0.602. The minimum Gasteiger partial charge on any atom is -0.614 e. The summed E-state index contributed by atoms with van der Waals surface area (Å²) in [4.78, 5) is 40.8. The first-order chi connectivity index (χ1) is 18.5. The molecule has 0 radical (unpaired) electrons. The fourth-order valence-corrected chi connectivity index (χ4v) is 7.11. The van der Waals surface area contributed by atoms with Crippen molar-refractivity contribution < 1.29 is 23.7 Å². The minimum atomic E-state index is -1.50. The number of ether oxygens (including phenoxy) is 1. The predicted molar refractivity (Wildman–Crippen MR) is 147 cm³/mol. The zero-order chi connectivity index (χ0) is 26.6. The maximum absolute atomic E-state index is 13.7. The van der Waals surface area contributed by atoms with Gasteiger partial charge in [0, 0.05) is 10.9 Å². The van der Waals surface area contributed by atoms with Gasteiger partial charge in [0.15, 0.2) is 12.1 Å². The first-order valence-corrected chi connectivity index (χ1v) is 14.6. The second-order valence-electron chi connectivity index (χ2n) is 9.02. The van der Waals surface area contributed by atoms with Crippen LogP contribution in [0.15, 0.2) is 102 Å². The topological polar surface area (TPSA) is 98.8 Å². The second kappa shape index (κ2) is 11.6. The van der Waals surface area contributed by atoms with E-state index in [1.165, 1.54) is 4.90 Å². The van der Waals surface area contributed by atoms with Gasteiger partial charge in [-0.25, -0.2) is 4.79 Å². The Morgan fingerprint density at radius 2 is 1.53 bits per heavy atom. The van der Waals surface area contributed by atoms with Gasteiger partial charge in [0.25, 0.3) is 5.91 Å². The van der Waals surface area contributed by atoms with Gasteiger partial charge >= 0.3 is 5.97 Å². The molecule has 2 heterocycles. The number of nitrogens with one attached hydrogen (secondary N) is 1. The maximum atomic E-state index is 13.7. The molecular weight excluding hydrogens is 568 g/mol. The largest absolute Gasteiger partial charge is 0.614 e. The molecule has 194 valence electrons. The molecule has 0 bridgehead atoms. The van der Waals surface area contributed by atoms with Crippen molar-refractivity contribution in [2.24, 2.45) is 0 Å². The molecule has 3 aromatic carbocycles. The lowest BCUT2D eigenvalue weighted by atomic mass is 10.0. The second-order valence-corrected chi connectivity index (χ2v) is 11.1. The third kappa shape index (κ3) is 5.27. The van der Waals surface area contributed by atoms with Crippen LogP contribution in [0.4, 0.5) is 0 Å². The number of carbonyl (C=O) groups is 3. The average molecular weight is 593 g/mol. The van der Waals surface area contributed by atoms with Gasteiger partial charge in [0.1, 0.15) is 11.4 Å². The third-order valence-electron chi connectivity index (χ3n) is 6.51. The normalized spacial score (nSPS) is 20.6. The van der Waals surface area contributed by atoms with E-state index in [-0.39, 0.29) is 29.1 Å². The number of fused-ring (bicyclic) bond motifs is 1. The van der Waals surface area contributed by atoms with E-state index in [1.54, 1.807) is 0 Å². The Bertz CT molecular complexity index is 1310. The molecule has 7 nitrogen and oxygen atoms in total. The van der Waals surface area contributed by atoms with E-state index >= 15 is 0 Å². The molecule has 9 heteroatoms. The number of hydrogen-bond donors (Lipinski definition) is 1. The van der Waals surface area contributed by atoms with Crippen molar-refractivity contribution in [2.45, 2.75) is 23.9 Å². The van der Waals surface area contributed by atoms with E-state index in [9.17, 15) is 18.9 Å². The molecule has 2 unspecified atom stereocenters. The third-order valence-corrected chi connectivity index (χ3v) is 8.84. The quantitative estimate of drug-likeness (QED) is 0.186. The van der Waals surface area contributed by atoms with E-state index in [4.69, 9.17) is 4.74 Å². The fourth-order valence-electron chi connectivity index (χ4n) is 4.70. The van der Waals surface area contributed by atoms with Crippen LogP contribution >= 0.6 is 15.9 Å². The van der Waals surface area contributed by atoms with Crippen LogP contribution in [0.3, 0.4) is 0 Å². The molecular formula is C29H25BrN2O5S. The minimum absolute atomic E-state index is 0.0851. The van der Waals surface area contributed by atoms with Gasteiger partial charge < -0.3 is 14.6 Å². The van der Waals surface area contributed by atoms with E-state index in [1.807, 2.05) is 91.0 Å². The number of rotatable bonds is 8. The number of nitrogens with zero attached hydrogens (tertiary/aromatic N) is 1. The van der Waals surface area contributed by atoms with Crippen LogP contribution < -0.4 is 5.32 Å². The van der Waals surface area contributed by atoms with Crippen molar-refractivity contribution in [3.63, 3.8) is 0 Å². The number of carbonyl (C=O) groups excluding carboxylic acids is 3. The van der Waals surface area contributed by atoms with E-state index < -0.39 is 40.6 Å². The van der Waals surface area contributed by atoms with Crippen LogP contribution in [-0.4, -0.2) is 49.7 Å². The number of hydrogen-bond acceptors (Lipinski definition) is 5. The van der Waals surface area contributed by atoms with Crippen LogP contribution in [0.1, 0.15) is 22.8 Å². The summed E-state index contributed by atoms with van der Waals surface area (Å²) in [5.41, 5.74) is 2.97. The van der Waals surface area contributed by atoms with Crippen molar-refractivity contribution in [1.29, 1.82) is 0 Å². The molecule has 2 aliphatic rings. The van der Waals surface area contributed by atoms with E-state index in [0.29, 0.717) is 5.57 Å². The zero-order valence-electron chi connectivity index (χ0n) is 20.3. The molecule has 1 N–H and O–H groups in total. The number of β-lactam (4-membered cyclic amide) rings is 1. The molecule has 0 saturated carbocycles. The highest BCUT2D eigenvalue weighted by atomic mass is 79.9. The summed E-state index contributed by atoms with van der Waals surface area (Å²) in [5.74, 6) is -1.41. The lowest BCUT2D eigenvalue weighted by molar-refractivity contribution is -0.155. The summed E-state index contributed by atoms with van der Waals surface area (Å²) in [6.45, 7) is 0. The van der Waals surface area contributed by atoms with Gasteiger partial charge in [-0.15, -0.1) is 0 Å². The predicted octanol–water partition coefficient (Wildman–Crippen LogP) is 3.63. The van der Waals surface area contributed by atoms with Crippen LogP contribution in [0.2, 0.25) is 0 Å². The number of halogens is 1. The number of benzene rings is 3. The summed E-state index contributed by atoms with van der Waals surface area (Å²) in [6, 6.07) is 26.9. The lowest BCUT2D eigenvalue weighted by Gasteiger charge is -2.49.